The van der Waals surface area contributed by atoms with Crippen molar-refractivity contribution in [2.45, 2.75) is 20.8 Å². The number of nitrogens with zero attached hydrogens (tertiary/aromatic N) is 1. The van der Waals surface area contributed by atoms with Crippen LogP contribution in [0.3, 0.4) is 0 Å². The molecule has 0 aliphatic carbocycles. The summed E-state index contributed by atoms with van der Waals surface area (Å²) < 4.78 is 0. The lowest BCUT2D eigenvalue weighted by Gasteiger charge is -2.22. The van der Waals surface area contributed by atoms with E-state index in [4.69, 9.17) is 5.11 Å². The minimum atomic E-state index is -0.972. The van der Waals surface area contributed by atoms with Gasteiger partial charge in [-0.15, -0.1) is 0 Å². The number of rotatable bonds is 7. The normalized spacial score (nSPS) is 10.4. The molecule has 15 heavy (non-hydrogen) atoms. The number of amides is 1. The minimum absolute atomic E-state index is 0.159. The maximum absolute atomic E-state index is 11.6. The average Bonchev–Trinajstić information content (AvgIpc) is 2.11. The van der Waals surface area contributed by atoms with Crippen LogP contribution in [0, 0.1) is 5.92 Å². The topological polar surface area (TPSA) is 69.6 Å². The van der Waals surface area contributed by atoms with Gasteiger partial charge in [0.1, 0.15) is 6.54 Å². The first kappa shape index (κ1) is 13.9. The molecular formula is C10H20N2O3. The summed E-state index contributed by atoms with van der Waals surface area (Å²) in [6.45, 7) is 6.98. The Hall–Kier alpha value is -1.10. The molecule has 0 rings (SSSR count). The third-order valence-electron chi connectivity index (χ3n) is 1.79. The predicted octanol–water partition coefficient (Wildman–Crippen LogP) is 0.165. The van der Waals surface area contributed by atoms with Crippen molar-refractivity contribution in [2.75, 3.05) is 26.2 Å². The summed E-state index contributed by atoms with van der Waals surface area (Å²) >= 11 is 0. The molecule has 5 nitrogen and oxygen atoms in total. The number of carbonyl (C=O) groups is 2. The monoisotopic (exact) mass is 216 g/mol. The van der Waals surface area contributed by atoms with Gasteiger partial charge in [-0.3, -0.25) is 9.59 Å². The van der Waals surface area contributed by atoms with Crippen molar-refractivity contribution in [2.24, 2.45) is 5.92 Å². The van der Waals surface area contributed by atoms with Crippen molar-refractivity contribution in [3.63, 3.8) is 0 Å². The molecule has 0 fully saturated rings. The molecule has 2 N–H and O–H groups in total. The van der Waals surface area contributed by atoms with Crippen molar-refractivity contribution < 1.29 is 14.7 Å². The summed E-state index contributed by atoms with van der Waals surface area (Å²) in [5, 5.41) is 11.5. The van der Waals surface area contributed by atoms with Crippen LogP contribution in [-0.4, -0.2) is 48.1 Å². The molecule has 0 heterocycles. The fourth-order valence-electron chi connectivity index (χ4n) is 1.20. The number of aliphatic carboxylic acids is 1. The van der Waals surface area contributed by atoms with Crippen LogP contribution in [0.4, 0.5) is 0 Å². The van der Waals surface area contributed by atoms with E-state index in [0.29, 0.717) is 13.1 Å². The summed E-state index contributed by atoms with van der Waals surface area (Å²) in [7, 11) is 0. The second-order valence-electron chi connectivity index (χ2n) is 3.84. The highest BCUT2D eigenvalue weighted by atomic mass is 16.4. The van der Waals surface area contributed by atoms with Gasteiger partial charge in [0.25, 0.3) is 0 Å². The van der Waals surface area contributed by atoms with Gasteiger partial charge in [-0.25, -0.2) is 0 Å². The molecule has 0 spiro atoms. The Morgan fingerprint density at radius 3 is 2.40 bits per heavy atom. The van der Waals surface area contributed by atoms with Crippen LogP contribution in [0.1, 0.15) is 20.8 Å². The minimum Gasteiger partial charge on any atom is -0.480 e. The van der Waals surface area contributed by atoms with E-state index < -0.39 is 5.97 Å². The average molecular weight is 216 g/mol. The van der Waals surface area contributed by atoms with Crippen molar-refractivity contribution in [3.8, 4) is 0 Å². The third-order valence-corrected chi connectivity index (χ3v) is 1.79. The highest BCUT2D eigenvalue weighted by molar-refractivity contribution is 5.82. The van der Waals surface area contributed by atoms with Gasteiger partial charge >= 0.3 is 5.97 Å². The number of carbonyl (C=O) groups excluding carboxylic acids is 1. The van der Waals surface area contributed by atoms with Crippen LogP contribution in [0.2, 0.25) is 0 Å². The molecular weight excluding hydrogens is 196 g/mol. The number of hydrogen-bond acceptors (Lipinski definition) is 3. The predicted molar refractivity (Wildman–Crippen MR) is 57.6 cm³/mol. The SMILES string of the molecule is CCNCC(=O)N(CC(=O)O)CC(C)C. The number of carboxylic acid groups (broad SMARTS) is 1. The molecule has 0 bridgehead atoms. The fraction of sp³-hybridized carbons (Fsp3) is 0.800. The number of hydrogen-bond donors (Lipinski definition) is 2. The van der Waals surface area contributed by atoms with Crippen LogP contribution in [0.15, 0.2) is 0 Å². The highest BCUT2D eigenvalue weighted by Crippen LogP contribution is 1.98. The highest BCUT2D eigenvalue weighted by Gasteiger charge is 2.16. The molecule has 0 aromatic heterocycles. The maximum Gasteiger partial charge on any atom is 0.323 e. The van der Waals surface area contributed by atoms with Crippen LogP contribution < -0.4 is 5.32 Å². The summed E-state index contributed by atoms with van der Waals surface area (Å²) in [6.07, 6.45) is 0. The van der Waals surface area contributed by atoms with Gasteiger partial charge in [0.2, 0.25) is 5.91 Å². The lowest BCUT2D eigenvalue weighted by Crippen LogP contribution is -2.42. The van der Waals surface area contributed by atoms with Gasteiger partial charge in [-0.1, -0.05) is 20.8 Å². The molecule has 0 unspecified atom stereocenters. The van der Waals surface area contributed by atoms with E-state index in [-0.39, 0.29) is 24.9 Å². The van der Waals surface area contributed by atoms with Crippen molar-refractivity contribution in [3.05, 3.63) is 0 Å². The number of carboxylic acids is 1. The quantitative estimate of drug-likeness (QED) is 0.636. The Morgan fingerprint density at radius 2 is 2.00 bits per heavy atom. The Morgan fingerprint density at radius 1 is 1.40 bits per heavy atom. The van der Waals surface area contributed by atoms with Crippen molar-refractivity contribution in [1.82, 2.24) is 10.2 Å². The Labute approximate surface area is 90.5 Å². The van der Waals surface area contributed by atoms with E-state index in [2.05, 4.69) is 5.32 Å². The zero-order chi connectivity index (χ0) is 11.8. The fourth-order valence-corrected chi connectivity index (χ4v) is 1.20. The molecule has 0 saturated carbocycles. The molecule has 5 heteroatoms. The summed E-state index contributed by atoms with van der Waals surface area (Å²) in [5.74, 6) is -0.858. The van der Waals surface area contributed by atoms with E-state index in [1.807, 2.05) is 20.8 Å². The van der Waals surface area contributed by atoms with Crippen molar-refractivity contribution >= 4 is 11.9 Å². The van der Waals surface area contributed by atoms with Crippen LogP contribution in [0.5, 0.6) is 0 Å². The zero-order valence-electron chi connectivity index (χ0n) is 9.62. The molecule has 0 atom stereocenters. The van der Waals surface area contributed by atoms with Gasteiger partial charge < -0.3 is 15.3 Å². The lowest BCUT2D eigenvalue weighted by molar-refractivity contribution is -0.144. The molecule has 0 saturated heterocycles. The lowest BCUT2D eigenvalue weighted by atomic mass is 10.2. The Bertz CT molecular complexity index is 217. The first-order chi connectivity index (χ1) is 6.97. The number of likely N-dealkylation sites (N-methyl/N-ethyl adjacent to an activating group) is 1. The largest absolute Gasteiger partial charge is 0.480 e. The zero-order valence-corrected chi connectivity index (χ0v) is 9.62. The first-order valence-corrected chi connectivity index (χ1v) is 5.17. The molecule has 0 radical (unpaired) electrons. The van der Waals surface area contributed by atoms with Gasteiger partial charge in [-0.2, -0.15) is 0 Å². The summed E-state index contributed by atoms with van der Waals surface area (Å²) in [4.78, 5) is 23.5. The van der Waals surface area contributed by atoms with Crippen LogP contribution in [0.25, 0.3) is 0 Å². The smallest absolute Gasteiger partial charge is 0.323 e. The van der Waals surface area contributed by atoms with Crippen LogP contribution in [-0.2, 0) is 9.59 Å². The second-order valence-corrected chi connectivity index (χ2v) is 3.84. The molecule has 1 amide bonds. The third kappa shape index (κ3) is 6.90. The van der Waals surface area contributed by atoms with E-state index in [1.165, 1.54) is 4.90 Å². The van der Waals surface area contributed by atoms with Gasteiger partial charge in [0, 0.05) is 6.54 Å². The Kier molecular flexibility index (Phi) is 6.70. The van der Waals surface area contributed by atoms with Crippen molar-refractivity contribution in [1.29, 1.82) is 0 Å². The first-order valence-electron chi connectivity index (χ1n) is 5.17. The number of nitrogens with one attached hydrogen (secondary N) is 1. The Balaban J connectivity index is 4.20. The maximum atomic E-state index is 11.6. The molecule has 0 aliphatic heterocycles. The van der Waals surface area contributed by atoms with Gasteiger partial charge in [-0.05, 0) is 12.5 Å². The standard InChI is InChI=1S/C10H20N2O3/c1-4-11-5-9(13)12(6-8(2)3)7-10(14)15/h8,11H,4-7H2,1-3H3,(H,14,15). The van der Waals surface area contributed by atoms with Gasteiger partial charge in [0.05, 0.1) is 6.54 Å². The van der Waals surface area contributed by atoms with E-state index >= 15 is 0 Å². The molecule has 0 aromatic rings. The summed E-state index contributed by atoms with van der Waals surface area (Å²) in [5.41, 5.74) is 0. The van der Waals surface area contributed by atoms with Gasteiger partial charge in [0.15, 0.2) is 0 Å². The molecule has 0 aliphatic rings. The van der Waals surface area contributed by atoms with E-state index in [1.54, 1.807) is 0 Å². The molecule has 0 aromatic carbocycles. The van der Waals surface area contributed by atoms with E-state index in [9.17, 15) is 9.59 Å². The van der Waals surface area contributed by atoms with Crippen LogP contribution >= 0.6 is 0 Å². The summed E-state index contributed by atoms with van der Waals surface area (Å²) in [6, 6.07) is 0. The second kappa shape index (κ2) is 7.23. The molecule has 88 valence electrons. The van der Waals surface area contributed by atoms with E-state index in [0.717, 1.165) is 0 Å².